The van der Waals surface area contributed by atoms with Gasteiger partial charge in [0, 0.05) is 6.42 Å². The van der Waals surface area contributed by atoms with Crippen LogP contribution in [0.3, 0.4) is 0 Å². The van der Waals surface area contributed by atoms with E-state index in [9.17, 15) is 4.79 Å². The number of carbonyl (C=O) groups is 1. The lowest BCUT2D eigenvalue weighted by Gasteiger charge is -1.79. The molecule has 0 fully saturated rings. The van der Waals surface area contributed by atoms with Gasteiger partial charge in [0.05, 0.1) is 0 Å². The Hall–Kier alpha value is -0.500. The number of allylic oxidation sites excluding steroid dienone is 3. The zero-order valence-electron chi connectivity index (χ0n) is 5.37. The molecule has 9 heavy (non-hydrogen) atoms. The van der Waals surface area contributed by atoms with Gasteiger partial charge >= 0.3 is 0 Å². The van der Waals surface area contributed by atoms with Crippen LogP contribution in [0.15, 0.2) is 23.6 Å². The van der Waals surface area contributed by atoms with Crippen molar-refractivity contribution in [2.24, 2.45) is 0 Å². The van der Waals surface area contributed by atoms with Gasteiger partial charge in [-0.1, -0.05) is 19.1 Å². The van der Waals surface area contributed by atoms with Crippen LogP contribution in [0.5, 0.6) is 0 Å². The molecule has 0 aliphatic heterocycles. The van der Waals surface area contributed by atoms with E-state index in [0.29, 0.717) is 6.42 Å². The SMILES string of the molecule is CCC(=O)/C=C/C=C\S. The molecule has 0 unspecified atom stereocenters. The molecule has 0 radical (unpaired) electrons. The van der Waals surface area contributed by atoms with Gasteiger partial charge in [-0.25, -0.2) is 0 Å². The maximum absolute atomic E-state index is 10.5. The third-order valence-corrected chi connectivity index (χ3v) is 1.000. The Bertz CT molecular complexity index is 136. The standard InChI is InChI=1S/C7H10OS/c1-2-7(8)5-3-4-6-9/h3-6,9H,2H2,1H3/b5-3+,6-4-. The fraction of sp³-hybridized carbons (Fsp3) is 0.286. The molecular weight excluding hydrogens is 132 g/mol. The summed E-state index contributed by atoms with van der Waals surface area (Å²) in [5, 5.41) is 1.58. The lowest BCUT2D eigenvalue weighted by Crippen LogP contribution is -1.85. The van der Waals surface area contributed by atoms with Gasteiger partial charge in [0.25, 0.3) is 0 Å². The first-order chi connectivity index (χ1) is 4.31. The Morgan fingerprint density at radius 1 is 1.56 bits per heavy atom. The van der Waals surface area contributed by atoms with Crippen LogP contribution in [0, 0.1) is 0 Å². The predicted molar refractivity (Wildman–Crippen MR) is 42.6 cm³/mol. The Balaban J connectivity index is 3.57. The fourth-order valence-electron chi connectivity index (χ4n) is 0.330. The van der Waals surface area contributed by atoms with Crippen LogP contribution in [-0.2, 0) is 4.79 Å². The van der Waals surface area contributed by atoms with Gasteiger partial charge in [-0.2, -0.15) is 12.6 Å². The number of rotatable bonds is 3. The fourth-order valence-corrected chi connectivity index (χ4v) is 0.430. The van der Waals surface area contributed by atoms with Gasteiger partial charge in [0.1, 0.15) is 0 Å². The summed E-state index contributed by atoms with van der Waals surface area (Å²) in [6.07, 6.45) is 5.49. The number of hydrogen-bond acceptors (Lipinski definition) is 2. The van der Waals surface area contributed by atoms with Crippen LogP contribution in [0.25, 0.3) is 0 Å². The quantitative estimate of drug-likeness (QED) is 0.362. The van der Waals surface area contributed by atoms with E-state index in [1.807, 2.05) is 6.92 Å². The van der Waals surface area contributed by atoms with Crippen LogP contribution < -0.4 is 0 Å². The van der Waals surface area contributed by atoms with E-state index in [4.69, 9.17) is 0 Å². The molecule has 0 aromatic rings. The lowest BCUT2D eigenvalue weighted by atomic mass is 10.3. The Kier molecular flexibility index (Phi) is 5.32. The summed E-state index contributed by atoms with van der Waals surface area (Å²) in [6, 6.07) is 0. The summed E-state index contributed by atoms with van der Waals surface area (Å²) < 4.78 is 0. The normalized spacial score (nSPS) is 11.3. The molecule has 0 saturated carbocycles. The molecule has 0 heterocycles. The minimum atomic E-state index is 0.140. The van der Waals surface area contributed by atoms with Gasteiger partial charge < -0.3 is 0 Å². The van der Waals surface area contributed by atoms with Crippen molar-refractivity contribution in [1.29, 1.82) is 0 Å². The molecular formula is C7H10OS. The second-order valence-electron chi connectivity index (χ2n) is 1.52. The van der Waals surface area contributed by atoms with E-state index in [-0.39, 0.29) is 5.78 Å². The molecule has 0 aliphatic rings. The van der Waals surface area contributed by atoms with Crippen molar-refractivity contribution in [1.82, 2.24) is 0 Å². The second kappa shape index (κ2) is 5.63. The molecule has 0 bridgehead atoms. The molecule has 0 amide bonds. The topological polar surface area (TPSA) is 17.1 Å². The molecule has 0 aromatic heterocycles. The Labute approximate surface area is 60.9 Å². The molecule has 50 valence electrons. The highest BCUT2D eigenvalue weighted by atomic mass is 32.1. The molecule has 0 N–H and O–H groups in total. The summed E-state index contributed by atoms with van der Waals surface area (Å²) in [6.45, 7) is 1.83. The van der Waals surface area contributed by atoms with E-state index in [2.05, 4.69) is 12.6 Å². The number of carbonyl (C=O) groups excluding carboxylic acids is 1. The summed E-state index contributed by atoms with van der Waals surface area (Å²) in [5.74, 6) is 0.140. The lowest BCUT2D eigenvalue weighted by molar-refractivity contribution is -0.114. The zero-order chi connectivity index (χ0) is 7.11. The van der Waals surface area contributed by atoms with Crippen LogP contribution in [0.1, 0.15) is 13.3 Å². The molecule has 0 aromatic carbocycles. The number of thiol groups is 1. The highest BCUT2D eigenvalue weighted by Gasteiger charge is 1.84. The smallest absolute Gasteiger partial charge is 0.155 e. The van der Waals surface area contributed by atoms with Gasteiger partial charge in [-0.05, 0) is 11.5 Å². The van der Waals surface area contributed by atoms with Gasteiger partial charge in [0.2, 0.25) is 0 Å². The molecule has 0 spiro atoms. The third-order valence-electron chi connectivity index (χ3n) is 0.828. The van der Waals surface area contributed by atoms with Crippen molar-refractivity contribution in [2.75, 3.05) is 0 Å². The minimum Gasteiger partial charge on any atom is -0.295 e. The zero-order valence-corrected chi connectivity index (χ0v) is 6.27. The first-order valence-electron chi connectivity index (χ1n) is 2.81. The average Bonchev–Trinajstić information content (AvgIpc) is 1.89. The molecule has 0 rings (SSSR count). The van der Waals surface area contributed by atoms with Crippen molar-refractivity contribution in [2.45, 2.75) is 13.3 Å². The minimum absolute atomic E-state index is 0.140. The predicted octanol–water partition coefficient (Wildman–Crippen LogP) is 1.97. The van der Waals surface area contributed by atoms with Crippen molar-refractivity contribution < 1.29 is 4.79 Å². The van der Waals surface area contributed by atoms with Gasteiger partial charge in [-0.3, -0.25) is 4.79 Å². The van der Waals surface area contributed by atoms with Crippen molar-refractivity contribution in [3.8, 4) is 0 Å². The maximum Gasteiger partial charge on any atom is 0.155 e. The van der Waals surface area contributed by atoms with Crippen LogP contribution in [0.2, 0.25) is 0 Å². The van der Waals surface area contributed by atoms with Crippen LogP contribution in [0.4, 0.5) is 0 Å². The highest BCUT2D eigenvalue weighted by Crippen LogP contribution is 1.85. The van der Waals surface area contributed by atoms with Crippen LogP contribution in [-0.4, -0.2) is 5.78 Å². The van der Waals surface area contributed by atoms with Crippen molar-refractivity contribution in [3.63, 3.8) is 0 Å². The van der Waals surface area contributed by atoms with E-state index < -0.39 is 0 Å². The third kappa shape index (κ3) is 5.37. The first kappa shape index (κ1) is 8.50. The van der Waals surface area contributed by atoms with Gasteiger partial charge in [-0.15, -0.1) is 0 Å². The average molecular weight is 142 g/mol. The summed E-state index contributed by atoms with van der Waals surface area (Å²) in [4.78, 5) is 10.5. The molecule has 1 nitrogen and oxygen atoms in total. The molecule has 0 atom stereocenters. The summed E-state index contributed by atoms with van der Waals surface area (Å²) in [5.41, 5.74) is 0. The largest absolute Gasteiger partial charge is 0.295 e. The van der Waals surface area contributed by atoms with Crippen molar-refractivity contribution >= 4 is 18.4 Å². The molecule has 0 saturated heterocycles. The second-order valence-corrected chi connectivity index (χ2v) is 1.82. The van der Waals surface area contributed by atoms with Crippen molar-refractivity contribution in [3.05, 3.63) is 23.6 Å². The monoisotopic (exact) mass is 142 g/mol. The number of ketones is 1. The number of hydrogen-bond donors (Lipinski definition) is 1. The van der Waals surface area contributed by atoms with E-state index >= 15 is 0 Å². The Morgan fingerprint density at radius 2 is 2.22 bits per heavy atom. The van der Waals surface area contributed by atoms with E-state index in [1.54, 1.807) is 17.6 Å². The van der Waals surface area contributed by atoms with Crippen LogP contribution >= 0.6 is 12.6 Å². The summed E-state index contributed by atoms with van der Waals surface area (Å²) >= 11 is 3.81. The maximum atomic E-state index is 10.5. The highest BCUT2D eigenvalue weighted by molar-refractivity contribution is 7.83. The Morgan fingerprint density at radius 3 is 2.67 bits per heavy atom. The first-order valence-corrected chi connectivity index (χ1v) is 3.33. The summed E-state index contributed by atoms with van der Waals surface area (Å²) in [7, 11) is 0. The van der Waals surface area contributed by atoms with Gasteiger partial charge in [0.15, 0.2) is 5.78 Å². The molecule has 0 aliphatic carbocycles. The van der Waals surface area contributed by atoms with E-state index in [1.165, 1.54) is 6.08 Å². The van der Waals surface area contributed by atoms with E-state index in [0.717, 1.165) is 0 Å². The molecule has 2 heteroatoms.